The molecule has 0 fully saturated rings. The Morgan fingerprint density at radius 1 is 0.500 bits per heavy atom. The van der Waals surface area contributed by atoms with Crippen LogP contribution in [0.3, 0.4) is 0 Å². The summed E-state index contributed by atoms with van der Waals surface area (Å²) in [5, 5.41) is 28.5. The monoisotopic (exact) mass is 724 g/mol. The number of aliphatic carboxylic acids is 1. The van der Waals surface area contributed by atoms with Gasteiger partial charge in [0.2, 0.25) is 0 Å². The Kier molecular flexibility index (Phi) is 8.71. The minimum atomic E-state index is -0.972. The molecule has 6 nitrogen and oxygen atoms in total. The highest BCUT2D eigenvalue weighted by molar-refractivity contribution is 7.30. The second-order valence-corrected chi connectivity index (χ2v) is 16.3. The zero-order valence-corrected chi connectivity index (χ0v) is 29.1. The quantitative estimate of drug-likeness (QED) is 0.129. The van der Waals surface area contributed by atoms with Gasteiger partial charge in [-0.1, -0.05) is 24.3 Å². The highest BCUT2D eigenvalue weighted by atomic mass is 32.1. The molecule has 238 valence electrons. The minimum Gasteiger partial charge on any atom is -0.481 e. The van der Waals surface area contributed by atoms with Crippen LogP contribution in [-0.4, -0.2) is 33.2 Å². The molecular formula is C37H24O6S5. The fourth-order valence-corrected chi connectivity index (χ4v) is 11.2. The highest BCUT2D eigenvalue weighted by Crippen LogP contribution is 2.48. The third-order valence-electron chi connectivity index (χ3n) is 7.61. The molecular weight excluding hydrogens is 701 g/mol. The van der Waals surface area contributed by atoms with Crippen LogP contribution in [0.25, 0.3) is 59.9 Å². The molecule has 0 spiro atoms. The molecule has 0 aliphatic heterocycles. The fraction of sp³-hybridized carbons (Fsp3) is 0.0541. The number of rotatable bonds is 10. The van der Waals surface area contributed by atoms with Gasteiger partial charge in [0, 0.05) is 48.8 Å². The Bertz CT molecular complexity index is 2350. The van der Waals surface area contributed by atoms with Crippen molar-refractivity contribution in [2.45, 2.75) is 13.3 Å². The summed E-state index contributed by atoms with van der Waals surface area (Å²) in [6, 6.07) is 30.2. The van der Waals surface area contributed by atoms with Gasteiger partial charge in [-0.3, -0.25) is 4.79 Å². The van der Waals surface area contributed by atoms with Crippen molar-refractivity contribution in [3.63, 3.8) is 0 Å². The van der Waals surface area contributed by atoms with Gasteiger partial charge in [0.15, 0.2) is 0 Å². The van der Waals surface area contributed by atoms with Crippen LogP contribution in [0, 0.1) is 6.92 Å². The van der Waals surface area contributed by atoms with Crippen molar-refractivity contribution in [1.82, 2.24) is 0 Å². The van der Waals surface area contributed by atoms with E-state index in [-0.39, 0.29) is 17.5 Å². The molecule has 3 N–H and O–H groups in total. The van der Waals surface area contributed by atoms with E-state index < -0.39 is 17.9 Å². The van der Waals surface area contributed by atoms with E-state index in [1.165, 1.54) is 0 Å². The van der Waals surface area contributed by atoms with Crippen molar-refractivity contribution < 1.29 is 29.7 Å². The molecule has 2 aromatic carbocycles. The van der Waals surface area contributed by atoms with Crippen molar-refractivity contribution in [1.29, 1.82) is 0 Å². The summed E-state index contributed by atoms with van der Waals surface area (Å²) >= 11 is 8.12. The van der Waals surface area contributed by atoms with Gasteiger partial charge in [-0.05, 0) is 102 Å². The Morgan fingerprint density at radius 2 is 0.958 bits per heavy atom. The predicted molar refractivity (Wildman–Crippen MR) is 198 cm³/mol. The second-order valence-electron chi connectivity index (χ2n) is 10.9. The van der Waals surface area contributed by atoms with Gasteiger partial charge in [0.25, 0.3) is 0 Å². The molecule has 0 bridgehead atoms. The lowest BCUT2D eigenvalue weighted by molar-refractivity contribution is -0.136. The molecule has 48 heavy (non-hydrogen) atoms. The average molecular weight is 725 g/mol. The van der Waals surface area contributed by atoms with E-state index >= 15 is 0 Å². The van der Waals surface area contributed by atoms with Crippen LogP contribution >= 0.6 is 56.7 Å². The van der Waals surface area contributed by atoms with Crippen LogP contribution in [-0.2, 0) is 11.2 Å². The Balaban J connectivity index is 1.17. The Labute approximate surface area is 295 Å². The topological polar surface area (TPSA) is 112 Å². The van der Waals surface area contributed by atoms with E-state index in [0.717, 1.165) is 71.0 Å². The van der Waals surface area contributed by atoms with Crippen LogP contribution in [0.1, 0.15) is 31.8 Å². The Morgan fingerprint density at radius 3 is 1.50 bits per heavy atom. The zero-order valence-electron chi connectivity index (χ0n) is 25.1. The molecule has 5 aromatic heterocycles. The number of aryl methyl sites for hydroxylation is 1. The normalized spacial score (nSPS) is 11.2. The molecule has 0 amide bonds. The first-order valence-electron chi connectivity index (χ1n) is 14.6. The molecule has 0 unspecified atom stereocenters. The lowest BCUT2D eigenvalue weighted by atomic mass is 10.1. The van der Waals surface area contributed by atoms with Gasteiger partial charge in [0.05, 0.1) is 17.5 Å². The summed E-state index contributed by atoms with van der Waals surface area (Å²) in [7, 11) is 0. The van der Waals surface area contributed by atoms with E-state index in [0.29, 0.717) is 0 Å². The van der Waals surface area contributed by atoms with E-state index in [4.69, 9.17) is 0 Å². The molecule has 0 saturated heterocycles. The minimum absolute atomic E-state index is 0.0871. The van der Waals surface area contributed by atoms with Gasteiger partial charge in [0.1, 0.15) is 0 Å². The number of thiophene rings is 5. The SMILES string of the molecule is Cc1cc(-c2ccc(-c3cccc(C(=O)O)c3)s2)sc1-c1ccc(-c2sc(-c3ccc(-c4cccc(C(=O)O)c4)s3)cc2CC(=O)O)s1. The van der Waals surface area contributed by atoms with Crippen molar-refractivity contribution >= 4 is 74.6 Å². The molecule has 7 rings (SSSR count). The molecule has 0 saturated carbocycles. The lowest BCUT2D eigenvalue weighted by Crippen LogP contribution is -1.99. The van der Waals surface area contributed by atoms with Crippen molar-refractivity contribution in [3.05, 3.63) is 119 Å². The van der Waals surface area contributed by atoms with Crippen molar-refractivity contribution in [2.24, 2.45) is 0 Å². The number of carboxylic acid groups (broad SMARTS) is 3. The third-order valence-corrected chi connectivity index (χ3v) is 14.1. The molecule has 0 aliphatic rings. The number of aromatic carboxylic acids is 2. The molecule has 7 aromatic rings. The van der Waals surface area contributed by atoms with Crippen LogP contribution in [0.15, 0.2) is 97.1 Å². The predicted octanol–water partition coefficient (Wildman–Crippen LogP) is 11.3. The van der Waals surface area contributed by atoms with Crippen molar-refractivity contribution in [2.75, 3.05) is 0 Å². The molecule has 5 heterocycles. The number of carbonyl (C=O) groups is 3. The smallest absolute Gasteiger partial charge is 0.335 e. The Hall–Kier alpha value is -4.65. The van der Waals surface area contributed by atoms with Gasteiger partial charge in [-0.25, -0.2) is 9.59 Å². The van der Waals surface area contributed by atoms with E-state index in [9.17, 15) is 29.7 Å². The average Bonchev–Trinajstić information content (AvgIpc) is 3.90. The summed E-state index contributed by atoms with van der Waals surface area (Å²) in [5.74, 6) is -2.81. The second kappa shape index (κ2) is 13.1. The first kappa shape index (κ1) is 31.9. The van der Waals surface area contributed by atoms with E-state index in [1.54, 1.807) is 93.1 Å². The van der Waals surface area contributed by atoms with Gasteiger partial charge < -0.3 is 15.3 Å². The highest BCUT2D eigenvalue weighted by Gasteiger charge is 2.20. The van der Waals surface area contributed by atoms with Crippen LogP contribution < -0.4 is 0 Å². The zero-order chi connectivity index (χ0) is 33.5. The largest absolute Gasteiger partial charge is 0.481 e. The fourth-order valence-electron chi connectivity index (χ4n) is 5.34. The summed E-state index contributed by atoms with van der Waals surface area (Å²) in [4.78, 5) is 45.2. The number of hydrogen-bond donors (Lipinski definition) is 3. The van der Waals surface area contributed by atoms with Crippen LogP contribution in [0.5, 0.6) is 0 Å². The molecule has 0 aliphatic carbocycles. The molecule has 0 radical (unpaired) electrons. The van der Waals surface area contributed by atoms with Gasteiger partial charge >= 0.3 is 17.9 Å². The summed E-state index contributed by atoms with van der Waals surface area (Å²) in [6.45, 7) is 2.10. The number of benzene rings is 2. The standard InChI is InChI=1S/C37H24O6S5/c1-19-14-31(27-10-8-25(44-27)20-4-2-6-22(15-20)36(40)41)47-34(19)29-12-13-30(46-29)35-24(18-33(38)39)17-32(48-35)28-11-9-26(45-28)21-5-3-7-23(16-21)37(42)43/h2-17H,18H2,1H3,(H,38,39)(H,40,41)(H,42,43). The molecule has 0 atom stereocenters. The summed E-state index contributed by atoms with van der Waals surface area (Å²) in [5.41, 5.74) is 4.12. The lowest BCUT2D eigenvalue weighted by Gasteiger charge is -1.99. The van der Waals surface area contributed by atoms with Crippen molar-refractivity contribution in [3.8, 4) is 59.9 Å². The number of hydrogen-bond acceptors (Lipinski definition) is 8. The van der Waals surface area contributed by atoms with Crippen LogP contribution in [0.4, 0.5) is 0 Å². The summed E-state index contributed by atoms with van der Waals surface area (Å²) in [6.07, 6.45) is -0.0871. The van der Waals surface area contributed by atoms with Crippen LogP contribution in [0.2, 0.25) is 0 Å². The van der Waals surface area contributed by atoms with E-state index in [1.807, 2.05) is 36.4 Å². The molecule has 11 heteroatoms. The first-order chi connectivity index (χ1) is 23.1. The van der Waals surface area contributed by atoms with E-state index in [2.05, 4.69) is 31.2 Å². The maximum absolute atomic E-state index is 11.9. The summed E-state index contributed by atoms with van der Waals surface area (Å²) < 4.78 is 0. The number of carboxylic acids is 3. The van der Waals surface area contributed by atoms with Gasteiger partial charge in [-0.2, -0.15) is 0 Å². The maximum Gasteiger partial charge on any atom is 0.335 e. The first-order valence-corrected chi connectivity index (χ1v) is 18.6. The third kappa shape index (κ3) is 6.43. The van der Waals surface area contributed by atoms with Gasteiger partial charge in [-0.15, -0.1) is 56.7 Å². The maximum atomic E-state index is 11.9.